The lowest BCUT2D eigenvalue weighted by Gasteiger charge is -2.59. The maximum absolute atomic E-state index is 6.95. The van der Waals surface area contributed by atoms with Crippen LogP contribution in [0, 0.1) is 40.4 Å². The average molecular weight is 531 g/mol. The molecule has 0 aromatic rings. The van der Waals surface area contributed by atoms with E-state index in [0.29, 0.717) is 41.0 Å². The molecule has 3 nitrogen and oxygen atoms in total. The first-order valence-electron chi connectivity index (χ1n) is 15.8. The first-order valence-corrected chi connectivity index (χ1v) is 18.7. The van der Waals surface area contributed by atoms with Gasteiger partial charge in [0.15, 0.2) is 14.6 Å². The van der Waals surface area contributed by atoms with Crippen LogP contribution in [-0.4, -0.2) is 32.9 Å². The van der Waals surface area contributed by atoms with Crippen molar-refractivity contribution < 1.29 is 13.9 Å². The molecule has 0 bridgehead atoms. The van der Waals surface area contributed by atoms with Crippen molar-refractivity contribution in [1.29, 1.82) is 0 Å². The lowest BCUT2D eigenvalue weighted by molar-refractivity contribution is -0.265. The zero-order valence-electron chi connectivity index (χ0n) is 25.9. The van der Waals surface area contributed by atoms with Crippen molar-refractivity contribution >= 4 is 8.32 Å². The molecule has 37 heavy (non-hydrogen) atoms. The summed E-state index contributed by atoms with van der Waals surface area (Å²) in [6.45, 7) is 24.2. The van der Waals surface area contributed by atoms with Gasteiger partial charge in [0, 0.05) is 12.0 Å². The van der Waals surface area contributed by atoms with E-state index >= 15 is 0 Å². The van der Waals surface area contributed by atoms with Gasteiger partial charge in [-0.05, 0) is 124 Å². The van der Waals surface area contributed by atoms with Gasteiger partial charge in [-0.2, -0.15) is 0 Å². The van der Waals surface area contributed by atoms with Crippen LogP contribution >= 0.6 is 0 Å². The highest BCUT2D eigenvalue weighted by Gasteiger charge is 2.60. The van der Waals surface area contributed by atoms with Gasteiger partial charge < -0.3 is 13.9 Å². The molecule has 5 rings (SSSR count). The van der Waals surface area contributed by atoms with Crippen LogP contribution in [0.15, 0.2) is 11.6 Å². The van der Waals surface area contributed by atoms with Gasteiger partial charge in [0.25, 0.3) is 0 Å². The lowest BCUT2D eigenvalue weighted by atomic mass is 9.47. The van der Waals surface area contributed by atoms with Crippen molar-refractivity contribution in [3.05, 3.63) is 11.6 Å². The molecule has 0 aromatic heterocycles. The molecule has 4 fully saturated rings. The summed E-state index contributed by atoms with van der Waals surface area (Å²) in [5, 5.41) is 0.285. The Labute approximate surface area is 230 Å². The molecule has 1 aliphatic heterocycles. The summed E-state index contributed by atoms with van der Waals surface area (Å²) in [6, 6.07) is 0. The lowest BCUT2D eigenvalue weighted by Crippen LogP contribution is -2.53. The minimum atomic E-state index is -1.72. The van der Waals surface area contributed by atoms with E-state index in [4.69, 9.17) is 13.9 Å². The Bertz CT molecular complexity index is 865. The van der Waals surface area contributed by atoms with Crippen LogP contribution in [0.25, 0.3) is 0 Å². The predicted octanol–water partition coefficient (Wildman–Crippen LogP) is 9.13. The Kier molecular flexibility index (Phi) is 7.46. The fourth-order valence-corrected chi connectivity index (χ4v) is 11.1. The van der Waals surface area contributed by atoms with E-state index < -0.39 is 8.32 Å². The molecule has 0 unspecified atom stereocenters. The monoisotopic (exact) mass is 530 g/mol. The Morgan fingerprint density at radius 3 is 2.30 bits per heavy atom. The van der Waals surface area contributed by atoms with Crippen LogP contribution in [0.2, 0.25) is 18.1 Å². The summed E-state index contributed by atoms with van der Waals surface area (Å²) in [6.07, 6.45) is 15.4. The van der Waals surface area contributed by atoms with Gasteiger partial charge in [0.05, 0.1) is 12.2 Å². The molecule has 0 radical (unpaired) electrons. The van der Waals surface area contributed by atoms with Gasteiger partial charge in [0.2, 0.25) is 0 Å². The number of rotatable bonds is 4. The molecule has 1 saturated heterocycles. The van der Waals surface area contributed by atoms with Gasteiger partial charge in [-0.3, -0.25) is 0 Å². The van der Waals surface area contributed by atoms with Crippen LogP contribution in [0.4, 0.5) is 0 Å². The molecule has 212 valence electrons. The van der Waals surface area contributed by atoms with Crippen LogP contribution in [0.3, 0.4) is 0 Å². The highest BCUT2D eigenvalue weighted by Crippen LogP contribution is 2.67. The van der Waals surface area contributed by atoms with E-state index in [1.165, 1.54) is 51.4 Å². The average Bonchev–Trinajstić information content (AvgIpc) is 3.14. The third-order valence-electron chi connectivity index (χ3n) is 12.9. The first-order chi connectivity index (χ1) is 17.2. The highest BCUT2D eigenvalue weighted by molar-refractivity contribution is 6.74. The Morgan fingerprint density at radius 2 is 1.65 bits per heavy atom. The zero-order chi connectivity index (χ0) is 27.0. The van der Waals surface area contributed by atoms with E-state index in [2.05, 4.69) is 74.6 Å². The summed E-state index contributed by atoms with van der Waals surface area (Å²) in [4.78, 5) is 0. The molecule has 4 heteroatoms. The fraction of sp³-hybridized carbons (Fsp3) is 0.939. The standard InChI is InChI=1S/C33H58O3Si/c1-21-19-22(2)35-30(34-21)23(3)27-13-14-28-26-12-11-24-20-25(36-37(9,10)31(4,5)6)15-17-32(24,7)29(26)16-18-33(27,28)8/h11,21-23,25-30H,12-20H2,1-10H3/t21-,22-,23-,25-,26-,27+,28-,29-,32-,33+/m0/s1. The SMILES string of the molecule is C[C@H](C1O[C@@H](C)C[C@H](C)O1)[C@H]1CC[C@H]2[C@@H]3CC=C4C[C@@H](O[Si](C)(C)C(C)(C)C)CC[C@]4(C)[C@H]3CC[C@]12C. The number of allylic oxidation sites excluding steroid dienone is 1. The molecule has 4 aliphatic carbocycles. The molecule has 10 atom stereocenters. The van der Waals surface area contributed by atoms with E-state index in [0.717, 1.165) is 24.2 Å². The van der Waals surface area contributed by atoms with Crippen molar-refractivity contribution in [2.24, 2.45) is 40.4 Å². The Hall–Kier alpha value is -0.163. The zero-order valence-corrected chi connectivity index (χ0v) is 26.9. The first kappa shape index (κ1) is 28.4. The number of fused-ring (bicyclic) bond motifs is 5. The van der Waals surface area contributed by atoms with Crippen LogP contribution in [0.5, 0.6) is 0 Å². The second-order valence-electron chi connectivity index (χ2n) is 16.1. The minimum Gasteiger partial charge on any atom is -0.414 e. The van der Waals surface area contributed by atoms with Crippen molar-refractivity contribution in [3.8, 4) is 0 Å². The topological polar surface area (TPSA) is 27.7 Å². The normalized spacial score (nSPS) is 47.5. The van der Waals surface area contributed by atoms with Crippen LogP contribution < -0.4 is 0 Å². The Morgan fingerprint density at radius 1 is 0.973 bits per heavy atom. The van der Waals surface area contributed by atoms with Gasteiger partial charge in [-0.15, -0.1) is 0 Å². The van der Waals surface area contributed by atoms with Gasteiger partial charge in [-0.25, -0.2) is 0 Å². The third-order valence-corrected chi connectivity index (χ3v) is 17.4. The van der Waals surface area contributed by atoms with Crippen molar-refractivity contribution in [3.63, 3.8) is 0 Å². The molecular formula is C33H58O3Si. The molecule has 0 amide bonds. The Balaban J connectivity index is 1.30. The smallest absolute Gasteiger partial charge is 0.192 e. The summed E-state index contributed by atoms with van der Waals surface area (Å²) < 4.78 is 19.7. The van der Waals surface area contributed by atoms with Crippen molar-refractivity contribution in [1.82, 2.24) is 0 Å². The van der Waals surface area contributed by atoms with Crippen molar-refractivity contribution in [2.75, 3.05) is 0 Å². The minimum absolute atomic E-state index is 0.0244. The largest absolute Gasteiger partial charge is 0.414 e. The molecule has 3 saturated carbocycles. The third kappa shape index (κ3) is 4.86. The second-order valence-corrected chi connectivity index (χ2v) is 20.8. The van der Waals surface area contributed by atoms with E-state index in [-0.39, 0.29) is 11.3 Å². The van der Waals surface area contributed by atoms with Crippen molar-refractivity contribution in [2.45, 2.75) is 156 Å². The predicted molar refractivity (Wildman–Crippen MR) is 156 cm³/mol. The van der Waals surface area contributed by atoms with Gasteiger partial charge in [-0.1, -0.05) is 53.2 Å². The highest BCUT2D eigenvalue weighted by atomic mass is 28.4. The van der Waals surface area contributed by atoms with E-state index in [1.54, 1.807) is 5.57 Å². The number of hydrogen-bond donors (Lipinski definition) is 0. The summed E-state index contributed by atoms with van der Waals surface area (Å²) in [5.41, 5.74) is 2.57. The molecule has 0 N–H and O–H groups in total. The molecule has 1 heterocycles. The quantitative estimate of drug-likeness (QED) is 0.268. The summed E-state index contributed by atoms with van der Waals surface area (Å²) >= 11 is 0. The summed E-state index contributed by atoms with van der Waals surface area (Å²) in [7, 11) is -1.72. The molecule has 0 aromatic carbocycles. The number of ether oxygens (including phenoxy) is 2. The van der Waals surface area contributed by atoms with Gasteiger partial charge in [0.1, 0.15) is 0 Å². The van der Waals surface area contributed by atoms with E-state index in [1.807, 2.05) is 0 Å². The van der Waals surface area contributed by atoms with E-state index in [9.17, 15) is 0 Å². The number of hydrogen-bond acceptors (Lipinski definition) is 3. The molecule has 5 aliphatic rings. The van der Waals surface area contributed by atoms with Crippen LogP contribution in [0.1, 0.15) is 113 Å². The molecule has 0 spiro atoms. The van der Waals surface area contributed by atoms with Crippen LogP contribution in [-0.2, 0) is 13.9 Å². The maximum atomic E-state index is 6.95. The second kappa shape index (κ2) is 9.74. The fourth-order valence-electron chi connectivity index (χ4n) is 9.73. The van der Waals surface area contributed by atoms with Gasteiger partial charge >= 0.3 is 0 Å². The maximum Gasteiger partial charge on any atom is 0.192 e. The summed E-state index contributed by atoms with van der Waals surface area (Å²) in [5.74, 6) is 3.76. The molecular weight excluding hydrogens is 472 g/mol.